The maximum atomic E-state index is 14.9. The Morgan fingerprint density at radius 2 is 1.52 bits per heavy atom. The lowest BCUT2D eigenvalue weighted by molar-refractivity contribution is -0.942. The lowest BCUT2D eigenvalue weighted by Gasteiger charge is -2.44. The Bertz CT molecular complexity index is 3060. The predicted octanol–water partition coefficient (Wildman–Crippen LogP) is 4.72. The monoisotopic (exact) mass is 1280 g/mol. The molecule has 2 aliphatic heterocycles. The number of rotatable bonds is 35. The van der Waals surface area contributed by atoms with Gasteiger partial charge < -0.3 is 61.7 Å². The minimum Gasteiger partial charge on any atom is -0.550 e. The highest BCUT2D eigenvalue weighted by Gasteiger charge is 2.51. The molecule has 3 heterocycles. The van der Waals surface area contributed by atoms with Gasteiger partial charge in [0.2, 0.25) is 23.6 Å². The molecular formula is C66H93N11O13S. The zero-order chi connectivity index (χ0) is 66.6. The van der Waals surface area contributed by atoms with Crippen LogP contribution in [0.4, 0.5) is 10.5 Å². The van der Waals surface area contributed by atoms with E-state index in [0.717, 1.165) is 40.2 Å². The largest absolute Gasteiger partial charge is 0.550 e. The number of primary amides is 1. The molecule has 6 rings (SSSR count). The van der Waals surface area contributed by atoms with Crippen molar-refractivity contribution in [2.24, 2.45) is 28.9 Å². The van der Waals surface area contributed by atoms with Gasteiger partial charge in [0.1, 0.15) is 34.7 Å². The number of aliphatic carboxylic acids is 1. The van der Waals surface area contributed by atoms with Crippen LogP contribution in [0.5, 0.6) is 0 Å². The Morgan fingerprint density at radius 1 is 0.835 bits per heavy atom. The number of urea groups is 1. The molecular weight excluding hydrogens is 1190 g/mol. The van der Waals surface area contributed by atoms with E-state index in [1.54, 1.807) is 29.5 Å². The van der Waals surface area contributed by atoms with E-state index in [2.05, 4.69) is 36.9 Å². The lowest BCUT2D eigenvalue weighted by atomic mass is 9.67. The van der Waals surface area contributed by atoms with Crippen LogP contribution in [-0.2, 0) is 60.9 Å². The summed E-state index contributed by atoms with van der Waals surface area (Å²) in [5, 5.41) is 30.9. The smallest absolute Gasteiger partial charge is 0.312 e. The van der Waals surface area contributed by atoms with Gasteiger partial charge in [0, 0.05) is 93.3 Å². The third kappa shape index (κ3) is 20.2. The Labute approximate surface area is 537 Å². The van der Waals surface area contributed by atoms with Gasteiger partial charge >= 0.3 is 12.0 Å². The van der Waals surface area contributed by atoms with Gasteiger partial charge in [-0.1, -0.05) is 89.9 Å². The van der Waals surface area contributed by atoms with Crippen molar-refractivity contribution in [3.05, 3.63) is 94.0 Å². The summed E-state index contributed by atoms with van der Waals surface area (Å²) in [5.41, 5.74) is 6.20. The highest BCUT2D eigenvalue weighted by molar-refractivity contribution is 7.09. The Balaban J connectivity index is 1.09. The molecule has 1 aromatic heterocycles. The number of carbonyl (C=O) groups is 11. The van der Waals surface area contributed by atoms with E-state index < -0.39 is 89.2 Å². The van der Waals surface area contributed by atoms with Crippen molar-refractivity contribution in [2.75, 3.05) is 45.6 Å². The molecule has 0 bridgehead atoms. The van der Waals surface area contributed by atoms with Crippen LogP contribution in [0.15, 0.2) is 72.1 Å². The number of carbonyl (C=O) groups excluding carboxylic acids is 11. The van der Waals surface area contributed by atoms with E-state index in [0.29, 0.717) is 86.1 Å². The van der Waals surface area contributed by atoms with Gasteiger partial charge in [0.05, 0.1) is 13.6 Å². The molecule has 24 nitrogen and oxygen atoms in total. The molecule has 496 valence electrons. The number of aromatic nitrogens is 1. The average Bonchev–Trinajstić information content (AvgIpc) is 1.30. The van der Waals surface area contributed by atoms with Crippen LogP contribution >= 0.6 is 11.3 Å². The molecule has 0 spiro atoms. The number of carboxylic acids is 1. The van der Waals surface area contributed by atoms with E-state index in [1.165, 1.54) is 26.0 Å². The highest BCUT2D eigenvalue weighted by atomic mass is 32.1. The standard InChI is InChI=1S/C66H93N11O13S/c1-9-42(4)56(61(84)75(7)51(41(2)3)38-53(90-44(6)78)60-72-50(40-91-60)58(82)71-48(36-43(5)62(85)86)37-45-20-12-10-13-21-45)74-59(83)52-23-14-17-35-77(52,8)39-46-24-26-47(27-25-46)70-57(81)49(22-18-33-69-65(67)89)73-64(88)66(30-19-31-66)63(87)68-32-15-11-16-34-76-54(79)28-29-55(76)80/h10,12-13,20-21,24-29,40-43,48-49,51-53,56H,9,11,14-19,22-23,30-39H2,1-8H3,(H8-,67,68,69,70,71,73,74,81,82,83,85,86,87,88,89)/t42-,43-,48+,49-,51+,52+,53+,56-,77?/m0/s1. The third-order valence-corrected chi connectivity index (χ3v) is 19.0. The number of piperidine rings is 1. The molecule has 1 saturated carbocycles. The Morgan fingerprint density at radius 3 is 2.13 bits per heavy atom. The van der Waals surface area contributed by atoms with Gasteiger partial charge in [-0.2, -0.15) is 0 Å². The third-order valence-electron chi connectivity index (χ3n) is 18.0. The number of likely N-dealkylation sites (tertiary alicyclic amines) is 1. The van der Waals surface area contributed by atoms with Crippen molar-refractivity contribution < 1.29 is 67.1 Å². The topological polar surface area (TPSA) is 338 Å². The van der Waals surface area contributed by atoms with E-state index in [9.17, 15) is 57.8 Å². The van der Waals surface area contributed by atoms with Gasteiger partial charge in [-0.3, -0.25) is 48.1 Å². The Kier molecular flexibility index (Phi) is 26.8. The molecule has 2 fully saturated rings. The number of unbranched alkanes of at least 4 members (excludes halogenated alkanes) is 2. The van der Waals surface area contributed by atoms with Crippen LogP contribution in [0.2, 0.25) is 0 Å². The van der Waals surface area contributed by atoms with Crippen molar-refractivity contribution in [1.29, 1.82) is 0 Å². The Hall–Kier alpha value is -8.06. The number of anilines is 1. The minimum absolute atomic E-state index is 0.0615. The summed E-state index contributed by atoms with van der Waals surface area (Å²) in [6, 6.07) is 12.3. The van der Waals surface area contributed by atoms with Crippen LogP contribution in [0.1, 0.15) is 164 Å². The summed E-state index contributed by atoms with van der Waals surface area (Å²) in [4.78, 5) is 152. The fraction of sp³-hybridized carbons (Fsp3) is 0.576. The number of quaternary nitrogens is 1. The molecule has 1 unspecified atom stereocenters. The number of hydrogen-bond acceptors (Lipinski definition) is 15. The minimum atomic E-state index is -1.37. The summed E-state index contributed by atoms with van der Waals surface area (Å²) in [5.74, 6) is -6.45. The number of nitrogens with two attached hydrogens (primary N) is 1. The molecule has 1 saturated heterocycles. The van der Waals surface area contributed by atoms with Crippen LogP contribution in [0.25, 0.3) is 0 Å². The number of hydrogen-bond donors (Lipinski definition) is 7. The summed E-state index contributed by atoms with van der Waals surface area (Å²) in [7, 11) is 3.71. The van der Waals surface area contributed by atoms with E-state index in [4.69, 9.17) is 10.5 Å². The van der Waals surface area contributed by atoms with Gasteiger partial charge in [-0.05, 0) is 106 Å². The van der Waals surface area contributed by atoms with Crippen LogP contribution in [-0.4, -0.2) is 155 Å². The number of thiazole rings is 1. The average molecular weight is 1280 g/mol. The van der Waals surface area contributed by atoms with Crippen LogP contribution < -0.4 is 42.7 Å². The van der Waals surface area contributed by atoms with Gasteiger partial charge in [-0.15, -0.1) is 11.3 Å². The van der Waals surface area contributed by atoms with E-state index in [-0.39, 0.29) is 86.5 Å². The van der Waals surface area contributed by atoms with Crippen molar-refractivity contribution >= 4 is 82.3 Å². The summed E-state index contributed by atoms with van der Waals surface area (Å²) in [6.45, 7) is 12.4. The van der Waals surface area contributed by atoms with Crippen LogP contribution in [0, 0.1) is 23.2 Å². The molecule has 1 aliphatic carbocycles. The maximum Gasteiger partial charge on any atom is 0.312 e. The first kappa shape index (κ1) is 72.0. The predicted molar refractivity (Wildman–Crippen MR) is 339 cm³/mol. The number of ether oxygens (including phenoxy) is 1. The fourth-order valence-electron chi connectivity index (χ4n) is 12.2. The normalized spacial score (nSPS) is 19.1. The molecule has 10 amide bonds. The first-order valence-electron chi connectivity index (χ1n) is 31.9. The summed E-state index contributed by atoms with van der Waals surface area (Å²) >= 11 is 1.13. The lowest BCUT2D eigenvalue weighted by Crippen LogP contribution is -2.63. The van der Waals surface area contributed by atoms with Gasteiger partial charge in [0.25, 0.3) is 23.6 Å². The number of likely N-dealkylation sites (N-methyl/N-ethyl adjacent to an activating group) is 2. The highest BCUT2D eigenvalue weighted by Crippen LogP contribution is 2.42. The zero-order valence-corrected chi connectivity index (χ0v) is 54.7. The second kappa shape index (κ2) is 33.8. The molecule has 8 N–H and O–H groups in total. The van der Waals surface area contributed by atoms with E-state index in [1.807, 2.05) is 77.2 Å². The van der Waals surface area contributed by atoms with Crippen LogP contribution in [0.3, 0.4) is 0 Å². The number of carboxylic acid groups (broad SMARTS) is 1. The van der Waals surface area contributed by atoms with Crippen molar-refractivity contribution in [2.45, 2.75) is 181 Å². The number of nitrogens with one attached hydrogen (secondary N) is 6. The van der Waals surface area contributed by atoms with Crippen molar-refractivity contribution in [3.63, 3.8) is 0 Å². The number of imide groups is 1. The number of esters is 1. The first-order valence-corrected chi connectivity index (χ1v) is 32.8. The second-order valence-electron chi connectivity index (χ2n) is 25.3. The quantitative estimate of drug-likeness (QED) is 0.0138. The first-order chi connectivity index (χ1) is 43.2. The molecule has 91 heavy (non-hydrogen) atoms. The fourth-order valence-corrected chi connectivity index (χ4v) is 13.1. The zero-order valence-electron chi connectivity index (χ0n) is 53.8. The SMILES string of the molecule is CC[C@H](C)[C@H](NC(=O)[C@H]1CCCC[N+]1(C)Cc1ccc(NC(=O)[C@H](CCCNC(N)=O)NC(=O)C2(C(=O)NCCCCCN3C(=O)C=CC3=O)CCC2)cc1)C(=O)N(C)[C@H](C[C@@H](OC(C)=O)c1nc(C(=O)N[C@@H](Cc2ccccc2)C[C@H](C)C(=O)[O-])cs1)C(C)C. The number of benzene rings is 2. The second-order valence-corrected chi connectivity index (χ2v) is 26.2. The summed E-state index contributed by atoms with van der Waals surface area (Å²) < 4.78 is 6.21. The van der Waals surface area contributed by atoms with Gasteiger partial charge in [-0.25, -0.2) is 9.78 Å². The van der Waals surface area contributed by atoms with E-state index >= 15 is 0 Å². The van der Waals surface area contributed by atoms with Gasteiger partial charge in [0.15, 0.2) is 12.1 Å². The molecule has 9 atom stereocenters. The molecule has 3 aliphatic rings. The molecule has 2 aromatic carbocycles. The maximum absolute atomic E-state index is 14.9. The molecule has 0 radical (unpaired) electrons. The molecule has 3 aromatic rings. The summed E-state index contributed by atoms with van der Waals surface area (Å²) in [6.07, 6.45) is 8.33. The van der Waals surface area contributed by atoms with Crippen molar-refractivity contribution in [1.82, 2.24) is 41.4 Å². The number of nitrogens with zero attached hydrogens (tertiary/aromatic N) is 4. The van der Waals surface area contributed by atoms with Crippen molar-refractivity contribution in [3.8, 4) is 0 Å². The number of amides is 10. The molecule has 25 heteroatoms.